The standard InChI is InChI=1S/C19H26N2O3S/c1-13(2)24-11-10-21-18(22)16(15-5-4-12-25-15)17(19(21)23)20-8-6-14(3)7-9-20/h4-5,12-14H,6-11H2,1-3H3. The molecule has 0 saturated carbocycles. The van der Waals surface area contributed by atoms with Gasteiger partial charge in [0.15, 0.2) is 0 Å². The third-order valence-corrected chi connectivity index (χ3v) is 5.66. The molecule has 25 heavy (non-hydrogen) atoms. The van der Waals surface area contributed by atoms with Gasteiger partial charge in [-0.15, -0.1) is 11.3 Å². The molecule has 2 amide bonds. The Hall–Kier alpha value is -1.66. The van der Waals surface area contributed by atoms with Crippen molar-refractivity contribution < 1.29 is 14.3 Å². The van der Waals surface area contributed by atoms with E-state index in [2.05, 4.69) is 11.8 Å². The van der Waals surface area contributed by atoms with Gasteiger partial charge >= 0.3 is 0 Å². The highest BCUT2D eigenvalue weighted by Crippen LogP contribution is 2.35. The van der Waals surface area contributed by atoms with E-state index in [1.54, 1.807) is 0 Å². The van der Waals surface area contributed by atoms with Crippen LogP contribution in [0.3, 0.4) is 0 Å². The summed E-state index contributed by atoms with van der Waals surface area (Å²) in [4.78, 5) is 30.3. The number of piperidine rings is 1. The molecule has 1 aromatic heterocycles. The van der Waals surface area contributed by atoms with Crippen LogP contribution in [0.25, 0.3) is 5.57 Å². The normalized spacial score (nSPS) is 19.7. The van der Waals surface area contributed by atoms with Crippen molar-refractivity contribution in [2.75, 3.05) is 26.2 Å². The predicted molar refractivity (Wildman–Crippen MR) is 99.0 cm³/mol. The van der Waals surface area contributed by atoms with E-state index in [1.165, 1.54) is 16.2 Å². The molecule has 3 heterocycles. The van der Waals surface area contributed by atoms with Gasteiger partial charge in [-0.2, -0.15) is 0 Å². The number of ether oxygens (including phenoxy) is 1. The maximum atomic E-state index is 13.0. The molecule has 3 rings (SSSR count). The van der Waals surface area contributed by atoms with Crippen molar-refractivity contribution in [3.63, 3.8) is 0 Å². The Morgan fingerprint density at radius 3 is 2.56 bits per heavy atom. The lowest BCUT2D eigenvalue weighted by Crippen LogP contribution is -2.39. The van der Waals surface area contributed by atoms with Gasteiger partial charge < -0.3 is 9.64 Å². The maximum absolute atomic E-state index is 13.0. The van der Waals surface area contributed by atoms with Crippen LogP contribution in [-0.4, -0.2) is 54.0 Å². The van der Waals surface area contributed by atoms with Gasteiger partial charge in [-0.1, -0.05) is 13.0 Å². The van der Waals surface area contributed by atoms with Crippen molar-refractivity contribution in [1.29, 1.82) is 0 Å². The van der Waals surface area contributed by atoms with Crippen molar-refractivity contribution in [3.05, 3.63) is 28.1 Å². The molecule has 2 aliphatic heterocycles. The van der Waals surface area contributed by atoms with Gasteiger partial charge in [0.25, 0.3) is 11.8 Å². The minimum absolute atomic E-state index is 0.0839. The topological polar surface area (TPSA) is 49.9 Å². The molecule has 0 bridgehead atoms. The average molecular weight is 362 g/mol. The fraction of sp³-hybridized carbons (Fsp3) is 0.579. The molecule has 1 aromatic rings. The monoisotopic (exact) mass is 362 g/mol. The molecule has 136 valence electrons. The van der Waals surface area contributed by atoms with Crippen LogP contribution in [0, 0.1) is 5.92 Å². The third kappa shape index (κ3) is 3.80. The SMILES string of the molecule is CC1CCN(C2=C(c3cccs3)C(=O)N(CCOC(C)C)C2=O)CC1. The Morgan fingerprint density at radius 2 is 1.96 bits per heavy atom. The largest absolute Gasteiger partial charge is 0.377 e. The second kappa shape index (κ2) is 7.70. The summed E-state index contributed by atoms with van der Waals surface area (Å²) in [7, 11) is 0. The third-order valence-electron chi connectivity index (χ3n) is 4.78. The summed E-state index contributed by atoms with van der Waals surface area (Å²) >= 11 is 1.51. The summed E-state index contributed by atoms with van der Waals surface area (Å²) in [5, 5.41) is 1.94. The number of amides is 2. The van der Waals surface area contributed by atoms with Crippen LogP contribution in [0.15, 0.2) is 23.2 Å². The van der Waals surface area contributed by atoms with Crippen molar-refractivity contribution in [3.8, 4) is 0 Å². The van der Waals surface area contributed by atoms with E-state index >= 15 is 0 Å². The molecule has 0 aromatic carbocycles. The first kappa shape index (κ1) is 18.1. The van der Waals surface area contributed by atoms with E-state index in [0.717, 1.165) is 30.8 Å². The van der Waals surface area contributed by atoms with Crippen LogP contribution >= 0.6 is 11.3 Å². The minimum atomic E-state index is -0.187. The number of nitrogens with zero attached hydrogens (tertiary/aromatic N) is 2. The fourth-order valence-corrected chi connectivity index (χ4v) is 4.08. The van der Waals surface area contributed by atoms with Crippen molar-refractivity contribution in [2.45, 2.75) is 39.7 Å². The second-order valence-corrected chi connectivity index (χ2v) is 8.00. The summed E-state index contributed by atoms with van der Waals surface area (Å²) in [6.07, 6.45) is 2.19. The van der Waals surface area contributed by atoms with Gasteiger partial charge in [0.2, 0.25) is 0 Å². The van der Waals surface area contributed by atoms with E-state index in [-0.39, 0.29) is 17.9 Å². The molecule has 0 atom stereocenters. The molecular formula is C19H26N2O3S. The molecule has 5 nitrogen and oxygen atoms in total. The zero-order valence-corrected chi connectivity index (χ0v) is 16.0. The van der Waals surface area contributed by atoms with Gasteiger partial charge in [-0.25, -0.2) is 0 Å². The number of carbonyl (C=O) groups excluding carboxylic acids is 2. The Bertz CT molecular complexity index is 658. The van der Waals surface area contributed by atoms with Crippen LogP contribution in [0.4, 0.5) is 0 Å². The van der Waals surface area contributed by atoms with Crippen molar-refractivity contribution in [1.82, 2.24) is 9.80 Å². The molecular weight excluding hydrogens is 336 g/mol. The lowest BCUT2D eigenvalue weighted by Gasteiger charge is -2.32. The number of carbonyl (C=O) groups is 2. The molecule has 0 aliphatic carbocycles. The van der Waals surface area contributed by atoms with E-state index in [0.29, 0.717) is 30.3 Å². The average Bonchev–Trinajstić information content (AvgIpc) is 3.17. The van der Waals surface area contributed by atoms with Crippen LogP contribution < -0.4 is 0 Å². The van der Waals surface area contributed by atoms with E-state index in [4.69, 9.17) is 4.74 Å². The zero-order chi connectivity index (χ0) is 18.0. The Balaban J connectivity index is 1.86. The summed E-state index contributed by atoms with van der Waals surface area (Å²) < 4.78 is 5.55. The first-order valence-corrected chi connectivity index (χ1v) is 9.88. The predicted octanol–water partition coefficient (Wildman–Crippen LogP) is 2.98. The first-order chi connectivity index (χ1) is 12.0. The van der Waals surface area contributed by atoms with E-state index in [1.807, 2.05) is 31.4 Å². The molecule has 0 unspecified atom stereocenters. The van der Waals surface area contributed by atoms with E-state index in [9.17, 15) is 9.59 Å². The Morgan fingerprint density at radius 1 is 1.24 bits per heavy atom. The molecule has 2 aliphatic rings. The molecule has 6 heteroatoms. The molecule has 1 saturated heterocycles. The Kier molecular flexibility index (Phi) is 5.59. The van der Waals surface area contributed by atoms with Crippen LogP contribution in [0.5, 0.6) is 0 Å². The number of hydrogen-bond acceptors (Lipinski definition) is 5. The highest BCUT2D eigenvalue weighted by atomic mass is 32.1. The zero-order valence-electron chi connectivity index (χ0n) is 15.2. The van der Waals surface area contributed by atoms with Crippen LogP contribution in [0.2, 0.25) is 0 Å². The first-order valence-electron chi connectivity index (χ1n) is 9.00. The number of likely N-dealkylation sites (tertiary alicyclic amines) is 1. The molecule has 0 radical (unpaired) electrons. The number of imide groups is 1. The summed E-state index contributed by atoms with van der Waals surface area (Å²) in [6, 6.07) is 3.84. The smallest absolute Gasteiger partial charge is 0.277 e. The molecule has 1 fully saturated rings. The van der Waals surface area contributed by atoms with Gasteiger partial charge in [-0.05, 0) is 44.1 Å². The fourth-order valence-electron chi connectivity index (χ4n) is 3.31. The second-order valence-electron chi connectivity index (χ2n) is 7.05. The highest BCUT2D eigenvalue weighted by molar-refractivity contribution is 7.11. The highest BCUT2D eigenvalue weighted by Gasteiger charge is 2.42. The summed E-state index contributed by atoms with van der Waals surface area (Å²) in [6.45, 7) is 8.48. The molecule has 0 spiro atoms. The van der Waals surface area contributed by atoms with Crippen LogP contribution in [-0.2, 0) is 14.3 Å². The summed E-state index contributed by atoms with van der Waals surface area (Å²) in [5.74, 6) is 0.313. The maximum Gasteiger partial charge on any atom is 0.277 e. The lowest BCUT2D eigenvalue weighted by molar-refractivity contribution is -0.138. The number of thiophene rings is 1. The van der Waals surface area contributed by atoms with Crippen LogP contribution in [0.1, 0.15) is 38.5 Å². The number of hydrogen-bond donors (Lipinski definition) is 0. The van der Waals surface area contributed by atoms with E-state index < -0.39 is 0 Å². The Labute approximate surface area is 153 Å². The lowest BCUT2D eigenvalue weighted by atomic mass is 9.98. The van der Waals surface area contributed by atoms with Gasteiger partial charge in [0, 0.05) is 18.0 Å². The van der Waals surface area contributed by atoms with Gasteiger partial charge in [-0.3, -0.25) is 14.5 Å². The van der Waals surface area contributed by atoms with Crippen molar-refractivity contribution in [2.24, 2.45) is 5.92 Å². The van der Waals surface area contributed by atoms with Gasteiger partial charge in [0.1, 0.15) is 5.70 Å². The quantitative estimate of drug-likeness (QED) is 0.730. The van der Waals surface area contributed by atoms with Gasteiger partial charge in [0.05, 0.1) is 24.8 Å². The summed E-state index contributed by atoms with van der Waals surface area (Å²) in [5.41, 5.74) is 1.16. The number of rotatable bonds is 6. The van der Waals surface area contributed by atoms with Crippen molar-refractivity contribution >= 4 is 28.7 Å². The molecule has 0 N–H and O–H groups in total. The minimum Gasteiger partial charge on any atom is -0.377 e.